The number of ether oxygens (including phenoxy) is 2. The van der Waals surface area contributed by atoms with Gasteiger partial charge in [0, 0.05) is 45.2 Å². The molecule has 2 aliphatic heterocycles. The number of amides is 1. The highest BCUT2D eigenvalue weighted by atomic mass is 16.6. The first-order valence-corrected chi connectivity index (χ1v) is 10.4. The van der Waals surface area contributed by atoms with Crippen molar-refractivity contribution in [3.63, 3.8) is 0 Å². The molecule has 1 aromatic carbocycles. The molecule has 2 saturated heterocycles. The molecule has 0 atom stereocenters. The number of likely N-dealkylation sites (tertiary alicyclic amines) is 1. The molecule has 1 amide bonds. The van der Waals surface area contributed by atoms with Gasteiger partial charge in [-0.2, -0.15) is 5.26 Å². The molecule has 4 rings (SSSR count). The summed E-state index contributed by atoms with van der Waals surface area (Å²) >= 11 is 0. The zero-order valence-electron chi connectivity index (χ0n) is 17.6. The van der Waals surface area contributed by atoms with Crippen molar-refractivity contribution in [2.75, 3.05) is 32.8 Å². The molecule has 0 aliphatic carbocycles. The molecule has 1 aromatic heterocycles. The van der Waals surface area contributed by atoms with Gasteiger partial charge in [0.25, 0.3) is 0 Å². The largest absolute Gasteiger partial charge is 0.492 e. The fourth-order valence-electron chi connectivity index (χ4n) is 4.30. The maximum absolute atomic E-state index is 12.4. The van der Waals surface area contributed by atoms with E-state index in [1.165, 1.54) is 5.56 Å². The Morgan fingerprint density at radius 2 is 1.97 bits per heavy atom. The molecular weight excluding hydrogens is 380 g/mol. The molecule has 0 unspecified atom stereocenters. The van der Waals surface area contributed by atoms with E-state index in [4.69, 9.17) is 9.47 Å². The van der Waals surface area contributed by atoms with Gasteiger partial charge in [0.15, 0.2) is 0 Å². The predicted octanol–water partition coefficient (Wildman–Crippen LogP) is 3.07. The van der Waals surface area contributed by atoms with Crippen LogP contribution in [-0.2, 0) is 18.3 Å². The van der Waals surface area contributed by atoms with E-state index in [-0.39, 0.29) is 11.7 Å². The number of rotatable bonds is 6. The standard InChI is InChI=1S/C23H28N4O3/c1-18-19(14-20(15-24)25(18)2)16-26-10-8-23(9-11-26)17-27(22(28)30-23)12-13-29-21-6-4-3-5-7-21/h3-7,14H,8-13,16-17H2,1-2H3. The molecule has 7 heteroatoms. The zero-order chi connectivity index (χ0) is 21.1. The van der Waals surface area contributed by atoms with Crippen LogP contribution in [0.2, 0.25) is 0 Å². The van der Waals surface area contributed by atoms with Crippen molar-refractivity contribution in [2.45, 2.75) is 31.9 Å². The van der Waals surface area contributed by atoms with Gasteiger partial charge in [0.2, 0.25) is 0 Å². The van der Waals surface area contributed by atoms with E-state index in [1.807, 2.05) is 48.0 Å². The van der Waals surface area contributed by atoms with Crippen LogP contribution in [0, 0.1) is 18.3 Å². The van der Waals surface area contributed by atoms with Crippen molar-refractivity contribution in [2.24, 2.45) is 7.05 Å². The highest BCUT2D eigenvalue weighted by Crippen LogP contribution is 2.34. The molecule has 2 aromatic rings. The predicted molar refractivity (Wildman–Crippen MR) is 112 cm³/mol. The van der Waals surface area contributed by atoms with Gasteiger partial charge >= 0.3 is 6.09 Å². The smallest absolute Gasteiger partial charge is 0.410 e. The second kappa shape index (κ2) is 8.41. The molecule has 158 valence electrons. The van der Waals surface area contributed by atoms with Gasteiger partial charge in [-0.1, -0.05) is 18.2 Å². The van der Waals surface area contributed by atoms with Gasteiger partial charge < -0.3 is 18.9 Å². The molecule has 1 spiro atoms. The Labute approximate surface area is 177 Å². The average molecular weight is 409 g/mol. The Bertz CT molecular complexity index is 939. The number of nitriles is 1. The van der Waals surface area contributed by atoms with Crippen LogP contribution < -0.4 is 4.74 Å². The third-order valence-corrected chi connectivity index (χ3v) is 6.33. The third-order valence-electron chi connectivity index (χ3n) is 6.33. The molecule has 0 saturated carbocycles. The van der Waals surface area contributed by atoms with Crippen molar-refractivity contribution in [3.05, 3.63) is 53.3 Å². The van der Waals surface area contributed by atoms with Gasteiger partial charge in [0.1, 0.15) is 29.7 Å². The minimum absolute atomic E-state index is 0.238. The Balaban J connectivity index is 1.28. The molecule has 0 radical (unpaired) electrons. The molecule has 2 aliphatic rings. The van der Waals surface area contributed by atoms with Gasteiger partial charge in [-0.25, -0.2) is 4.79 Å². The van der Waals surface area contributed by atoms with Crippen LogP contribution in [0.5, 0.6) is 5.75 Å². The van der Waals surface area contributed by atoms with E-state index < -0.39 is 0 Å². The summed E-state index contributed by atoms with van der Waals surface area (Å²) in [7, 11) is 1.93. The topological polar surface area (TPSA) is 70.7 Å². The first-order chi connectivity index (χ1) is 14.5. The number of hydrogen-bond donors (Lipinski definition) is 0. The lowest BCUT2D eigenvalue weighted by Crippen LogP contribution is -2.46. The zero-order valence-corrected chi connectivity index (χ0v) is 17.6. The second-order valence-electron chi connectivity index (χ2n) is 8.22. The second-order valence-corrected chi connectivity index (χ2v) is 8.22. The normalized spacial score (nSPS) is 18.4. The van der Waals surface area contributed by atoms with E-state index in [1.54, 1.807) is 4.90 Å². The molecule has 7 nitrogen and oxygen atoms in total. The maximum Gasteiger partial charge on any atom is 0.410 e. The first kappa shape index (κ1) is 20.3. The minimum Gasteiger partial charge on any atom is -0.492 e. The Hall–Kier alpha value is -2.98. The number of benzene rings is 1. The number of hydrogen-bond acceptors (Lipinski definition) is 5. The SMILES string of the molecule is Cc1c(CN2CCC3(CC2)CN(CCOc2ccccc2)C(=O)O3)cc(C#N)n1C. The Morgan fingerprint density at radius 1 is 1.23 bits per heavy atom. The molecule has 30 heavy (non-hydrogen) atoms. The summed E-state index contributed by atoms with van der Waals surface area (Å²) in [5, 5.41) is 9.23. The molecule has 2 fully saturated rings. The van der Waals surface area contributed by atoms with E-state index in [0.717, 1.165) is 43.9 Å². The summed E-state index contributed by atoms with van der Waals surface area (Å²) in [4.78, 5) is 16.5. The van der Waals surface area contributed by atoms with Crippen molar-refractivity contribution >= 4 is 6.09 Å². The molecular formula is C23H28N4O3. The van der Waals surface area contributed by atoms with Crippen molar-refractivity contribution in [1.82, 2.24) is 14.4 Å². The minimum atomic E-state index is -0.385. The summed E-state index contributed by atoms with van der Waals surface area (Å²) < 4.78 is 13.5. The summed E-state index contributed by atoms with van der Waals surface area (Å²) in [6, 6.07) is 13.8. The van der Waals surface area contributed by atoms with E-state index >= 15 is 0 Å². The summed E-state index contributed by atoms with van der Waals surface area (Å²) in [5.41, 5.74) is 2.62. The lowest BCUT2D eigenvalue weighted by atomic mass is 9.91. The van der Waals surface area contributed by atoms with Crippen LogP contribution in [0.3, 0.4) is 0 Å². The van der Waals surface area contributed by atoms with Crippen LogP contribution in [-0.4, -0.2) is 58.8 Å². The van der Waals surface area contributed by atoms with Crippen LogP contribution in [0.4, 0.5) is 4.79 Å². The Kier molecular flexibility index (Phi) is 5.69. The van der Waals surface area contributed by atoms with Gasteiger partial charge in [-0.05, 0) is 30.7 Å². The monoisotopic (exact) mass is 408 g/mol. The van der Waals surface area contributed by atoms with Crippen LogP contribution in [0.15, 0.2) is 36.4 Å². The van der Waals surface area contributed by atoms with Crippen LogP contribution >= 0.6 is 0 Å². The average Bonchev–Trinajstić information content (AvgIpc) is 3.21. The quantitative estimate of drug-likeness (QED) is 0.735. The fraction of sp³-hybridized carbons (Fsp3) is 0.478. The maximum atomic E-state index is 12.4. The van der Waals surface area contributed by atoms with Gasteiger partial charge in [-0.15, -0.1) is 0 Å². The molecule has 3 heterocycles. The summed E-state index contributed by atoms with van der Waals surface area (Å²) in [6.45, 7) is 6.22. The number of nitrogens with zero attached hydrogens (tertiary/aromatic N) is 4. The number of aromatic nitrogens is 1. The van der Waals surface area contributed by atoms with Crippen LogP contribution in [0.1, 0.15) is 29.8 Å². The van der Waals surface area contributed by atoms with E-state index in [0.29, 0.717) is 25.4 Å². The highest BCUT2D eigenvalue weighted by Gasteiger charge is 2.46. The first-order valence-electron chi connectivity index (χ1n) is 10.4. The highest BCUT2D eigenvalue weighted by molar-refractivity contribution is 5.70. The van der Waals surface area contributed by atoms with Crippen molar-refractivity contribution in [1.29, 1.82) is 5.26 Å². The van der Waals surface area contributed by atoms with Gasteiger partial charge in [0.05, 0.1) is 13.1 Å². The number of carbonyl (C=O) groups excluding carboxylic acids is 1. The number of piperidine rings is 1. The van der Waals surface area contributed by atoms with E-state index in [2.05, 4.69) is 17.9 Å². The third kappa shape index (κ3) is 4.14. The van der Waals surface area contributed by atoms with Crippen molar-refractivity contribution in [3.8, 4) is 11.8 Å². The lowest BCUT2D eigenvalue weighted by Gasteiger charge is -2.37. The van der Waals surface area contributed by atoms with Crippen LogP contribution in [0.25, 0.3) is 0 Å². The van der Waals surface area contributed by atoms with E-state index in [9.17, 15) is 10.1 Å². The number of carbonyl (C=O) groups is 1. The Morgan fingerprint density at radius 3 is 2.63 bits per heavy atom. The van der Waals surface area contributed by atoms with Gasteiger partial charge in [-0.3, -0.25) is 4.90 Å². The summed E-state index contributed by atoms with van der Waals surface area (Å²) in [5.74, 6) is 0.809. The number of para-hydroxylation sites is 1. The fourth-order valence-corrected chi connectivity index (χ4v) is 4.30. The summed E-state index contributed by atoms with van der Waals surface area (Å²) in [6.07, 6.45) is 1.41. The van der Waals surface area contributed by atoms with Crippen molar-refractivity contribution < 1.29 is 14.3 Å². The lowest BCUT2D eigenvalue weighted by molar-refractivity contribution is -0.00128. The molecule has 0 N–H and O–H groups in total. The molecule has 0 bridgehead atoms.